The molecular weight excluding hydrogens is 306 g/mol. The lowest BCUT2D eigenvalue weighted by Gasteiger charge is -2.25. The average molecular weight is 327 g/mol. The number of hydrogen-bond donors (Lipinski definition) is 1. The van der Waals surface area contributed by atoms with E-state index in [0.29, 0.717) is 5.75 Å². The summed E-state index contributed by atoms with van der Waals surface area (Å²) in [6.07, 6.45) is 0.253. The summed E-state index contributed by atoms with van der Waals surface area (Å²) < 4.78 is 5.44. The topological polar surface area (TPSA) is 66.8 Å². The van der Waals surface area contributed by atoms with E-state index < -0.39 is 12.0 Å². The van der Waals surface area contributed by atoms with Crippen LogP contribution in [0.3, 0.4) is 0 Å². The van der Waals surface area contributed by atoms with E-state index in [9.17, 15) is 14.7 Å². The number of likely N-dealkylation sites (N-methyl/N-ethyl adjacent to an activating group) is 1. The second-order valence-electron chi connectivity index (χ2n) is 5.65. The first-order chi connectivity index (χ1) is 11.5. The predicted octanol–water partition coefficient (Wildman–Crippen LogP) is 2.53. The van der Waals surface area contributed by atoms with E-state index in [1.807, 2.05) is 49.4 Å². The van der Waals surface area contributed by atoms with Gasteiger partial charge in [-0.3, -0.25) is 4.79 Å². The van der Waals surface area contributed by atoms with Crippen LogP contribution in [0.4, 0.5) is 0 Å². The highest BCUT2D eigenvalue weighted by Gasteiger charge is 2.27. The van der Waals surface area contributed by atoms with Crippen LogP contribution in [0.2, 0.25) is 0 Å². The maximum absolute atomic E-state index is 12.3. The SMILES string of the molecule is Cc1ccc(OCC(=O)N(C)C(Cc2ccccc2)C(=O)O)cc1. The molecule has 0 aromatic heterocycles. The zero-order valence-electron chi connectivity index (χ0n) is 13.8. The number of aliphatic carboxylic acids is 1. The Morgan fingerprint density at radius 1 is 1.08 bits per heavy atom. The van der Waals surface area contributed by atoms with Crippen molar-refractivity contribution >= 4 is 11.9 Å². The van der Waals surface area contributed by atoms with Gasteiger partial charge in [0, 0.05) is 13.5 Å². The number of carbonyl (C=O) groups is 2. The number of carboxylic acids is 1. The third kappa shape index (κ3) is 4.84. The zero-order valence-corrected chi connectivity index (χ0v) is 13.8. The van der Waals surface area contributed by atoms with Gasteiger partial charge in [0.05, 0.1) is 0 Å². The zero-order chi connectivity index (χ0) is 17.5. The van der Waals surface area contributed by atoms with Crippen molar-refractivity contribution < 1.29 is 19.4 Å². The van der Waals surface area contributed by atoms with Gasteiger partial charge in [-0.2, -0.15) is 0 Å². The molecule has 1 unspecified atom stereocenters. The van der Waals surface area contributed by atoms with Gasteiger partial charge in [0.15, 0.2) is 6.61 Å². The Labute approximate surface area is 141 Å². The van der Waals surface area contributed by atoms with Crippen LogP contribution in [0.25, 0.3) is 0 Å². The molecule has 5 heteroatoms. The first kappa shape index (κ1) is 17.5. The number of carbonyl (C=O) groups excluding carboxylic acids is 1. The van der Waals surface area contributed by atoms with Crippen molar-refractivity contribution in [3.05, 3.63) is 65.7 Å². The van der Waals surface area contributed by atoms with Gasteiger partial charge in [-0.1, -0.05) is 48.0 Å². The summed E-state index contributed by atoms with van der Waals surface area (Å²) in [5.74, 6) is -0.832. The lowest BCUT2D eigenvalue weighted by atomic mass is 10.1. The fourth-order valence-corrected chi connectivity index (χ4v) is 2.28. The molecule has 1 N–H and O–H groups in total. The predicted molar refractivity (Wildman–Crippen MR) is 91.0 cm³/mol. The van der Waals surface area contributed by atoms with Crippen molar-refractivity contribution in [3.8, 4) is 5.75 Å². The van der Waals surface area contributed by atoms with Crippen LogP contribution in [0, 0.1) is 6.92 Å². The summed E-state index contributed by atoms with van der Waals surface area (Å²) in [7, 11) is 1.49. The number of nitrogens with zero attached hydrogens (tertiary/aromatic N) is 1. The second kappa shape index (κ2) is 8.15. The average Bonchev–Trinajstić information content (AvgIpc) is 2.59. The van der Waals surface area contributed by atoms with Crippen LogP contribution < -0.4 is 4.74 Å². The highest BCUT2D eigenvalue weighted by Crippen LogP contribution is 2.13. The fraction of sp³-hybridized carbons (Fsp3) is 0.263. The van der Waals surface area contributed by atoms with Gasteiger partial charge < -0.3 is 14.7 Å². The molecule has 0 heterocycles. The molecule has 0 aliphatic carbocycles. The standard InChI is InChI=1S/C19H21NO4/c1-14-8-10-16(11-9-14)24-13-18(21)20(2)17(19(22)23)12-15-6-4-3-5-7-15/h3-11,17H,12-13H2,1-2H3,(H,22,23). The van der Waals surface area contributed by atoms with E-state index in [1.165, 1.54) is 11.9 Å². The van der Waals surface area contributed by atoms with Crippen molar-refractivity contribution in [2.45, 2.75) is 19.4 Å². The Bertz CT molecular complexity index is 682. The number of amides is 1. The van der Waals surface area contributed by atoms with Crippen molar-refractivity contribution in [2.24, 2.45) is 0 Å². The molecule has 0 fully saturated rings. The Morgan fingerprint density at radius 3 is 2.29 bits per heavy atom. The number of ether oxygens (including phenoxy) is 1. The number of benzene rings is 2. The van der Waals surface area contributed by atoms with Crippen LogP contribution >= 0.6 is 0 Å². The summed E-state index contributed by atoms with van der Waals surface area (Å²) in [6, 6.07) is 15.6. The molecule has 2 aromatic carbocycles. The van der Waals surface area contributed by atoms with Gasteiger partial charge in [-0.15, -0.1) is 0 Å². The van der Waals surface area contributed by atoms with E-state index >= 15 is 0 Å². The maximum atomic E-state index is 12.3. The van der Waals surface area contributed by atoms with Gasteiger partial charge in [0.25, 0.3) is 5.91 Å². The minimum Gasteiger partial charge on any atom is -0.484 e. The first-order valence-corrected chi connectivity index (χ1v) is 7.69. The van der Waals surface area contributed by atoms with E-state index in [0.717, 1.165) is 11.1 Å². The molecule has 2 aromatic rings. The quantitative estimate of drug-likeness (QED) is 0.848. The van der Waals surface area contributed by atoms with Crippen molar-refractivity contribution in [2.75, 3.05) is 13.7 Å². The van der Waals surface area contributed by atoms with Crippen molar-refractivity contribution in [3.63, 3.8) is 0 Å². The summed E-state index contributed by atoms with van der Waals surface area (Å²) >= 11 is 0. The molecule has 1 atom stereocenters. The summed E-state index contributed by atoms with van der Waals surface area (Å²) in [5, 5.41) is 9.43. The Hall–Kier alpha value is -2.82. The lowest BCUT2D eigenvalue weighted by Crippen LogP contribution is -2.45. The molecule has 5 nitrogen and oxygen atoms in total. The highest BCUT2D eigenvalue weighted by molar-refractivity contribution is 5.84. The number of hydrogen-bond acceptors (Lipinski definition) is 3. The van der Waals surface area contributed by atoms with E-state index in [2.05, 4.69) is 0 Å². The molecule has 0 radical (unpaired) electrons. The molecule has 0 bridgehead atoms. The molecule has 0 saturated carbocycles. The number of carboxylic acid groups (broad SMARTS) is 1. The summed E-state index contributed by atoms with van der Waals surface area (Å²) in [4.78, 5) is 25.0. The molecule has 1 amide bonds. The van der Waals surface area contributed by atoms with Gasteiger partial charge >= 0.3 is 5.97 Å². The van der Waals surface area contributed by atoms with Crippen molar-refractivity contribution in [1.29, 1.82) is 0 Å². The van der Waals surface area contributed by atoms with Crippen molar-refractivity contribution in [1.82, 2.24) is 4.90 Å². The molecule has 0 aliphatic rings. The minimum absolute atomic E-state index is 0.196. The third-order valence-electron chi connectivity index (χ3n) is 3.80. The Kier molecular flexibility index (Phi) is 5.95. The van der Waals surface area contributed by atoms with Gasteiger partial charge in [-0.25, -0.2) is 4.79 Å². The minimum atomic E-state index is -1.04. The monoisotopic (exact) mass is 327 g/mol. The summed E-state index contributed by atoms with van der Waals surface area (Å²) in [5.41, 5.74) is 1.96. The molecule has 126 valence electrons. The molecule has 0 spiro atoms. The number of rotatable bonds is 7. The Morgan fingerprint density at radius 2 is 1.71 bits per heavy atom. The number of aryl methyl sites for hydroxylation is 1. The van der Waals surface area contributed by atoms with Crippen LogP contribution in [-0.2, 0) is 16.0 Å². The highest BCUT2D eigenvalue weighted by atomic mass is 16.5. The molecule has 2 rings (SSSR count). The lowest BCUT2D eigenvalue weighted by molar-refractivity contribution is -0.149. The largest absolute Gasteiger partial charge is 0.484 e. The normalized spacial score (nSPS) is 11.6. The van der Waals surface area contributed by atoms with E-state index in [4.69, 9.17) is 4.74 Å². The van der Waals surface area contributed by atoms with Crippen LogP contribution in [0.5, 0.6) is 5.75 Å². The third-order valence-corrected chi connectivity index (χ3v) is 3.80. The van der Waals surface area contributed by atoms with E-state index in [1.54, 1.807) is 12.1 Å². The van der Waals surface area contributed by atoms with Crippen LogP contribution in [0.15, 0.2) is 54.6 Å². The smallest absolute Gasteiger partial charge is 0.326 e. The fourth-order valence-electron chi connectivity index (χ4n) is 2.28. The molecule has 24 heavy (non-hydrogen) atoms. The van der Waals surface area contributed by atoms with Gasteiger partial charge in [0.1, 0.15) is 11.8 Å². The van der Waals surface area contributed by atoms with Crippen LogP contribution in [-0.4, -0.2) is 41.6 Å². The van der Waals surface area contributed by atoms with Gasteiger partial charge in [-0.05, 0) is 24.6 Å². The maximum Gasteiger partial charge on any atom is 0.326 e. The molecule has 0 aliphatic heterocycles. The molecule has 0 saturated heterocycles. The molecular formula is C19H21NO4. The van der Waals surface area contributed by atoms with E-state index in [-0.39, 0.29) is 18.9 Å². The Balaban J connectivity index is 1.97. The van der Waals surface area contributed by atoms with Crippen LogP contribution in [0.1, 0.15) is 11.1 Å². The second-order valence-corrected chi connectivity index (χ2v) is 5.65. The first-order valence-electron chi connectivity index (χ1n) is 7.69. The summed E-state index contributed by atoms with van der Waals surface area (Å²) in [6.45, 7) is 1.77. The van der Waals surface area contributed by atoms with Gasteiger partial charge in [0.2, 0.25) is 0 Å².